The molecule has 2 aromatic heterocycles. The van der Waals surface area contributed by atoms with Crippen molar-refractivity contribution in [3.63, 3.8) is 0 Å². The van der Waals surface area contributed by atoms with E-state index in [9.17, 15) is 9.18 Å². The summed E-state index contributed by atoms with van der Waals surface area (Å²) in [7, 11) is 0. The molecule has 1 amide bonds. The predicted octanol–water partition coefficient (Wildman–Crippen LogP) is 3.17. The van der Waals surface area contributed by atoms with Gasteiger partial charge in [-0.2, -0.15) is 0 Å². The maximum absolute atomic E-state index is 13.2. The van der Waals surface area contributed by atoms with Crippen LogP contribution in [0.15, 0.2) is 41.7 Å². The van der Waals surface area contributed by atoms with Crippen LogP contribution in [-0.4, -0.2) is 39.4 Å². The second-order valence-electron chi connectivity index (χ2n) is 8.12. The Labute approximate surface area is 185 Å². The number of anilines is 1. The molecule has 32 heavy (non-hydrogen) atoms. The molecule has 0 bridgehead atoms. The van der Waals surface area contributed by atoms with Gasteiger partial charge in [-0.05, 0) is 42.2 Å². The molecule has 4 rings (SSSR count). The molecule has 3 heterocycles. The second-order valence-corrected chi connectivity index (χ2v) is 8.12. The quantitative estimate of drug-likeness (QED) is 0.409. The fourth-order valence-corrected chi connectivity index (χ4v) is 3.77. The molecular formula is C23H27FN6O2. The molecule has 1 aliphatic rings. The number of fused-ring (bicyclic) bond motifs is 2. The summed E-state index contributed by atoms with van der Waals surface area (Å²) in [5.41, 5.74) is 9.35. The van der Waals surface area contributed by atoms with Crippen LogP contribution in [0.1, 0.15) is 37.2 Å². The second kappa shape index (κ2) is 9.44. The van der Waals surface area contributed by atoms with Crippen molar-refractivity contribution in [2.75, 3.05) is 18.2 Å². The van der Waals surface area contributed by atoms with Gasteiger partial charge in [0.15, 0.2) is 5.71 Å². The number of nitrogens with zero attached hydrogens (tertiary/aromatic N) is 5. The van der Waals surface area contributed by atoms with E-state index in [4.69, 9.17) is 15.6 Å². The highest BCUT2D eigenvalue weighted by molar-refractivity contribution is 6.53. The average Bonchev–Trinajstić information content (AvgIpc) is 3.27. The molecule has 9 heteroatoms. The number of benzene rings is 1. The maximum atomic E-state index is 13.2. The normalized spacial score (nSPS) is 14.7. The van der Waals surface area contributed by atoms with E-state index >= 15 is 0 Å². The first-order chi connectivity index (χ1) is 15.5. The first-order valence-corrected chi connectivity index (χ1v) is 10.7. The minimum atomic E-state index is -0.681. The zero-order valence-electron chi connectivity index (χ0n) is 18.3. The van der Waals surface area contributed by atoms with Crippen LogP contribution in [0.4, 0.5) is 10.2 Å². The third-order valence-corrected chi connectivity index (χ3v) is 5.43. The Bertz CT molecular complexity index is 1160. The highest BCUT2D eigenvalue weighted by Gasteiger charge is 2.36. The van der Waals surface area contributed by atoms with Crippen molar-refractivity contribution >= 4 is 28.5 Å². The highest BCUT2D eigenvalue weighted by atomic mass is 19.1. The number of amides is 1. The summed E-state index contributed by atoms with van der Waals surface area (Å²) in [4.78, 5) is 28.9. The number of aryl methyl sites for hydroxylation is 1. The van der Waals surface area contributed by atoms with Crippen molar-refractivity contribution < 1.29 is 14.0 Å². The standard InChI is InChI=1S/C23H27FN6O2/c1-15(2)7-10-29-19-6-5-16(13-25)12-18(19)27-20(29)14-30-22-17(4-3-9-26-22)21(23(30)31)28-32-11-8-24/h3-6,9,12,15H,7-8,10-11,13-14,25H2,1-2H3/b28-21-. The molecule has 0 saturated carbocycles. The summed E-state index contributed by atoms with van der Waals surface area (Å²) < 4.78 is 14.6. The molecular weight excluding hydrogens is 411 g/mol. The van der Waals surface area contributed by atoms with Gasteiger partial charge in [-0.25, -0.2) is 14.4 Å². The molecule has 0 atom stereocenters. The van der Waals surface area contributed by atoms with Crippen LogP contribution in [-0.2, 0) is 29.3 Å². The molecule has 0 spiro atoms. The van der Waals surface area contributed by atoms with Crippen LogP contribution >= 0.6 is 0 Å². The number of nitrogens with two attached hydrogens (primary N) is 1. The van der Waals surface area contributed by atoms with Gasteiger partial charge in [-0.1, -0.05) is 25.1 Å². The zero-order valence-corrected chi connectivity index (χ0v) is 18.3. The van der Waals surface area contributed by atoms with Gasteiger partial charge in [0.25, 0.3) is 5.91 Å². The Hall–Kier alpha value is -3.33. The lowest BCUT2D eigenvalue weighted by molar-refractivity contribution is -0.112. The van der Waals surface area contributed by atoms with Gasteiger partial charge in [0, 0.05) is 19.3 Å². The molecule has 1 aliphatic heterocycles. The summed E-state index contributed by atoms with van der Waals surface area (Å²) in [5.74, 6) is 1.42. The zero-order chi connectivity index (χ0) is 22.7. The number of alkyl halides is 1. The summed E-state index contributed by atoms with van der Waals surface area (Å²) >= 11 is 0. The maximum Gasteiger partial charge on any atom is 0.282 e. The molecule has 1 aromatic carbocycles. The smallest absolute Gasteiger partial charge is 0.282 e. The Morgan fingerprint density at radius 2 is 2.12 bits per heavy atom. The molecule has 8 nitrogen and oxygen atoms in total. The first-order valence-electron chi connectivity index (χ1n) is 10.7. The number of pyridine rings is 1. The number of imidazole rings is 1. The number of carbonyl (C=O) groups excluding carboxylic acids is 1. The van der Waals surface area contributed by atoms with Crippen LogP contribution in [0.25, 0.3) is 11.0 Å². The Morgan fingerprint density at radius 3 is 2.88 bits per heavy atom. The number of hydrogen-bond donors (Lipinski definition) is 1. The summed E-state index contributed by atoms with van der Waals surface area (Å²) in [6, 6.07) is 9.51. The topological polar surface area (TPSA) is 98.6 Å². The van der Waals surface area contributed by atoms with Crippen LogP contribution in [0.2, 0.25) is 0 Å². The van der Waals surface area contributed by atoms with E-state index in [0.29, 0.717) is 23.8 Å². The minimum Gasteiger partial charge on any atom is -0.392 e. The van der Waals surface area contributed by atoms with Crippen molar-refractivity contribution in [3.05, 3.63) is 53.5 Å². The lowest BCUT2D eigenvalue weighted by atomic mass is 10.1. The van der Waals surface area contributed by atoms with Gasteiger partial charge in [0.2, 0.25) is 0 Å². The fraction of sp³-hybridized carbons (Fsp3) is 0.391. The molecule has 0 fully saturated rings. The van der Waals surface area contributed by atoms with E-state index in [2.05, 4.69) is 28.6 Å². The average molecular weight is 439 g/mol. The van der Waals surface area contributed by atoms with E-state index in [1.54, 1.807) is 23.2 Å². The largest absolute Gasteiger partial charge is 0.392 e. The number of halogens is 1. The van der Waals surface area contributed by atoms with Gasteiger partial charge in [0.05, 0.1) is 23.1 Å². The molecule has 0 unspecified atom stereocenters. The molecule has 3 aromatic rings. The Morgan fingerprint density at radius 1 is 1.28 bits per heavy atom. The number of hydrogen-bond acceptors (Lipinski definition) is 6. The van der Waals surface area contributed by atoms with Gasteiger partial charge < -0.3 is 15.1 Å². The van der Waals surface area contributed by atoms with E-state index in [0.717, 1.165) is 35.4 Å². The molecule has 0 radical (unpaired) electrons. The summed E-state index contributed by atoms with van der Waals surface area (Å²) in [6.45, 7) is 4.91. The SMILES string of the molecule is CC(C)CCn1c(CN2C(=O)/C(=N\OCCF)c3cccnc32)nc2cc(CN)ccc21. The molecule has 2 N–H and O–H groups in total. The third-order valence-electron chi connectivity index (χ3n) is 5.43. The van der Waals surface area contributed by atoms with E-state index in [1.807, 2.05) is 18.2 Å². The monoisotopic (exact) mass is 438 g/mol. The van der Waals surface area contributed by atoms with Crippen LogP contribution in [0.3, 0.4) is 0 Å². The van der Waals surface area contributed by atoms with Crippen molar-refractivity contribution in [2.24, 2.45) is 16.8 Å². The van der Waals surface area contributed by atoms with Gasteiger partial charge in [0.1, 0.15) is 24.9 Å². The van der Waals surface area contributed by atoms with Crippen LogP contribution < -0.4 is 10.6 Å². The van der Waals surface area contributed by atoms with Gasteiger partial charge >= 0.3 is 0 Å². The number of rotatable bonds is 9. The van der Waals surface area contributed by atoms with Crippen molar-refractivity contribution in [1.82, 2.24) is 14.5 Å². The molecule has 0 saturated heterocycles. The van der Waals surface area contributed by atoms with Crippen LogP contribution in [0.5, 0.6) is 0 Å². The number of aromatic nitrogens is 3. The number of carbonyl (C=O) groups is 1. The van der Waals surface area contributed by atoms with E-state index < -0.39 is 6.67 Å². The van der Waals surface area contributed by atoms with Crippen molar-refractivity contribution in [3.8, 4) is 0 Å². The van der Waals surface area contributed by atoms with Crippen LogP contribution in [0, 0.1) is 5.92 Å². The first kappa shape index (κ1) is 21.9. The van der Waals surface area contributed by atoms with E-state index in [-0.39, 0.29) is 24.8 Å². The highest BCUT2D eigenvalue weighted by Crippen LogP contribution is 2.29. The van der Waals surface area contributed by atoms with Crippen molar-refractivity contribution in [2.45, 2.75) is 39.9 Å². The fourth-order valence-electron chi connectivity index (χ4n) is 3.77. The predicted molar refractivity (Wildman–Crippen MR) is 121 cm³/mol. The Kier molecular flexibility index (Phi) is 6.45. The lowest BCUT2D eigenvalue weighted by Crippen LogP contribution is -2.31. The lowest BCUT2D eigenvalue weighted by Gasteiger charge is -2.17. The summed E-state index contributed by atoms with van der Waals surface area (Å²) in [5, 5.41) is 3.88. The molecule has 0 aliphatic carbocycles. The summed E-state index contributed by atoms with van der Waals surface area (Å²) in [6.07, 6.45) is 2.60. The Balaban J connectivity index is 1.72. The van der Waals surface area contributed by atoms with Crippen molar-refractivity contribution in [1.29, 1.82) is 0 Å². The molecule has 168 valence electrons. The van der Waals surface area contributed by atoms with Gasteiger partial charge in [-0.15, -0.1) is 0 Å². The van der Waals surface area contributed by atoms with E-state index in [1.165, 1.54) is 0 Å². The number of oxime groups is 1. The minimum absolute atomic E-state index is 0.122. The third kappa shape index (κ3) is 4.20. The van der Waals surface area contributed by atoms with Gasteiger partial charge in [-0.3, -0.25) is 9.69 Å².